The van der Waals surface area contributed by atoms with Crippen LogP contribution < -0.4 is 5.73 Å². The molecule has 2 heterocycles. The van der Waals surface area contributed by atoms with Crippen LogP contribution in [0.5, 0.6) is 0 Å². The number of imide groups is 1. The number of rotatable bonds is 19. The number of benzene rings is 3. The van der Waals surface area contributed by atoms with Crippen molar-refractivity contribution in [1.29, 1.82) is 0 Å². The van der Waals surface area contributed by atoms with Crippen LogP contribution in [0.1, 0.15) is 96.1 Å². The van der Waals surface area contributed by atoms with Crippen LogP contribution in [0, 0.1) is 5.92 Å². The van der Waals surface area contributed by atoms with Crippen molar-refractivity contribution in [2.75, 3.05) is 53.4 Å². The summed E-state index contributed by atoms with van der Waals surface area (Å²) in [5, 5.41) is 0. The molecule has 0 saturated carbocycles. The zero-order valence-corrected chi connectivity index (χ0v) is 29.1. The van der Waals surface area contributed by atoms with Gasteiger partial charge in [0.1, 0.15) is 5.41 Å². The van der Waals surface area contributed by atoms with Crippen LogP contribution in [-0.2, 0) is 10.2 Å². The van der Waals surface area contributed by atoms with E-state index in [0.29, 0.717) is 17.7 Å². The molecule has 0 spiro atoms. The lowest BCUT2D eigenvalue weighted by Gasteiger charge is -2.37. The third-order valence-corrected chi connectivity index (χ3v) is 10.7. The number of carbonyl (C=O) groups is 3. The van der Waals surface area contributed by atoms with Gasteiger partial charge in [-0.1, -0.05) is 98.5 Å². The van der Waals surface area contributed by atoms with Gasteiger partial charge in [0.15, 0.2) is 0 Å². The summed E-state index contributed by atoms with van der Waals surface area (Å²) in [6.45, 7) is 5.69. The zero-order valence-electron chi connectivity index (χ0n) is 29.1. The van der Waals surface area contributed by atoms with E-state index in [4.69, 9.17) is 5.73 Å². The lowest BCUT2D eigenvalue weighted by molar-refractivity contribution is -0.890. The van der Waals surface area contributed by atoms with Gasteiger partial charge >= 0.3 is 0 Å². The number of primary amides is 1. The van der Waals surface area contributed by atoms with Crippen LogP contribution in [-0.4, -0.2) is 85.4 Å². The highest BCUT2D eigenvalue weighted by Gasteiger charge is 2.49. The van der Waals surface area contributed by atoms with E-state index in [-0.39, 0.29) is 23.6 Å². The quantitative estimate of drug-likeness (QED) is 0.0893. The molecule has 3 aromatic carbocycles. The molecular formula is C41H55N4O3+. The van der Waals surface area contributed by atoms with E-state index in [9.17, 15) is 14.4 Å². The van der Waals surface area contributed by atoms with Gasteiger partial charge in [0, 0.05) is 13.1 Å². The minimum Gasteiger partial charge on any atom is -0.369 e. The molecule has 1 saturated heterocycles. The largest absolute Gasteiger partial charge is 0.369 e. The number of nitrogens with zero attached hydrogens (tertiary/aromatic N) is 3. The van der Waals surface area contributed by atoms with E-state index in [0.717, 1.165) is 67.6 Å². The molecule has 5 rings (SSSR count). The van der Waals surface area contributed by atoms with Crippen molar-refractivity contribution in [3.05, 3.63) is 107 Å². The minimum atomic E-state index is -0.813. The van der Waals surface area contributed by atoms with Crippen molar-refractivity contribution >= 4 is 17.7 Å². The SMILES string of the molecule is C[N+](C)(CCCCCCCCCN1CCC(C(C(N)=O)(c2ccccc2)c2ccccc2)C1)CCCCN1C(=O)c2ccccc2C1=O. The second kappa shape index (κ2) is 16.5. The molecular weight excluding hydrogens is 596 g/mol. The molecule has 7 nitrogen and oxygen atoms in total. The van der Waals surface area contributed by atoms with E-state index in [1.54, 1.807) is 12.1 Å². The normalized spacial score (nSPS) is 16.9. The summed E-state index contributed by atoms with van der Waals surface area (Å²) in [5.74, 6) is -0.404. The van der Waals surface area contributed by atoms with Gasteiger partial charge in [-0.25, -0.2) is 0 Å². The highest BCUT2D eigenvalue weighted by molar-refractivity contribution is 6.21. The van der Waals surface area contributed by atoms with Crippen LogP contribution >= 0.6 is 0 Å². The van der Waals surface area contributed by atoms with Crippen LogP contribution in [0.4, 0.5) is 0 Å². The van der Waals surface area contributed by atoms with E-state index in [1.807, 2.05) is 48.5 Å². The first-order valence-electron chi connectivity index (χ1n) is 18.1. The van der Waals surface area contributed by atoms with Gasteiger partial charge in [0.2, 0.25) is 5.91 Å². The number of quaternary nitrogens is 1. The Morgan fingerprint density at radius 1 is 0.688 bits per heavy atom. The Balaban J connectivity index is 0.945. The van der Waals surface area contributed by atoms with Crippen LogP contribution in [0.25, 0.3) is 0 Å². The molecule has 0 radical (unpaired) electrons. The second-order valence-electron chi connectivity index (χ2n) is 14.6. The Kier molecular flexibility index (Phi) is 12.2. The van der Waals surface area contributed by atoms with Crippen LogP contribution in [0.15, 0.2) is 84.9 Å². The van der Waals surface area contributed by atoms with Gasteiger partial charge in [-0.05, 0) is 80.8 Å². The molecule has 256 valence electrons. The van der Waals surface area contributed by atoms with Gasteiger partial charge < -0.3 is 15.1 Å². The van der Waals surface area contributed by atoms with Crippen LogP contribution in [0.3, 0.4) is 0 Å². The molecule has 3 aromatic rings. The molecule has 1 unspecified atom stereocenters. The molecule has 2 aliphatic rings. The van der Waals surface area contributed by atoms with Crippen molar-refractivity contribution in [1.82, 2.24) is 9.80 Å². The second-order valence-corrected chi connectivity index (χ2v) is 14.6. The first-order valence-corrected chi connectivity index (χ1v) is 18.1. The number of amides is 3. The molecule has 0 aromatic heterocycles. The Morgan fingerprint density at radius 2 is 1.15 bits per heavy atom. The summed E-state index contributed by atoms with van der Waals surface area (Å²) >= 11 is 0. The average molecular weight is 652 g/mol. The molecule has 1 atom stereocenters. The van der Waals surface area contributed by atoms with Crippen molar-refractivity contribution in [3.8, 4) is 0 Å². The maximum absolute atomic E-state index is 13.3. The summed E-state index contributed by atoms with van der Waals surface area (Å²) in [4.78, 5) is 42.4. The summed E-state index contributed by atoms with van der Waals surface area (Å²) < 4.78 is 0.977. The number of nitrogens with two attached hydrogens (primary N) is 1. The highest BCUT2D eigenvalue weighted by Crippen LogP contribution is 2.43. The fourth-order valence-electron chi connectivity index (χ4n) is 8.04. The molecule has 48 heavy (non-hydrogen) atoms. The molecule has 1 fully saturated rings. The topological polar surface area (TPSA) is 83.7 Å². The molecule has 2 aliphatic heterocycles. The maximum Gasteiger partial charge on any atom is 0.261 e. The van der Waals surface area contributed by atoms with Crippen molar-refractivity contribution in [2.24, 2.45) is 11.7 Å². The lowest BCUT2D eigenvalue weighted by atomic mass is 9.64. The van der Waals surface area contributed by atoms with Gasteiger partial charge in [0.25, 0.3) is 11.8 Å². The first kappa shape index (κ1) is 35.5. The average Bonchev–Trinajstić information content (AvgIpc) is 3.66. The molecule has 2 N–H and O–H groups in total. The Morgan fingerprint density at radius 3 is 1.69 bits per heavy atom. The number of carbonyl (C=O) groups excluding carboxylic acids is 3. The molecule has 0 bridgehead atoms. The molecule has 0 aliphatic carbocycles. The van der Waals surface area contributed by atoms with E-state index in [1.165, 1.54) is 49.8 Å². The number of hydrogen-bond acceptors (Lipinski definition) is 4. The number of hydrogen-bond donors (Lipinski definition) is 1. The monoisotopic (exact) mass is 651 g/mol. The third kappa shape index (κ3) is 8.24. The fraction of sp³-hybridized carbons (Fsp3) is 0.488. The van der Waals surface area contributed by atoms with Gasteiger partial charge in [-0.15, -0.1) is 0 Å². The van der Waals surface area contributed by atoms with Gasteiger partial charge in [0.05, 0.1) is 38.3 Å². The standard InChI is InChI=1S/C41H54N4O3/c1-45(2,31-19-17-28-44-38(46)36-24-14-15-25-37(36)39(44)47)30-18-7-5-3-4-6-16-27-43-29-26-35(32-43)41(40(42)48,33-20-10-8-11-21-33)34-22-12-9-13-23-34/h8-15,20-25,35H,3-7,16-19,26-32H2,1-2H3,(H-,42,48)/p+1. The number of likely N-dealkylation sites (tertiary alicyclic amines) is 1. The minimum absolute atomic E-state index is 0.150. The zero-order chi connectivity index (χ0) is 34.0. The Bertz CT molecular complexity index is 1430. The number of fused-ring (bicyclic) bond motifs is 1. The van der Waals surface area contributed by atoms with Gasteiger partial charge in [-0.3, -0.25) is 19.3 Å². The Hall–Kier alpha value is -3.81. The lowest BCUT2D eigenvalue weighted by Crippen LogP contribution is -2.49. The summed E-state index contributed by atoms with van der Waals surface area (Å²) in [7, 11) is 4.58. The first-order chi connectivity index (χ1) is 23.2. The van der Waals surface area contributed by atoms with Crippen molar-refractivity contribution < 1.29 is 18.9 Å². The van der Waals surface area contributed by atoms with Crippen LogP contribution in [0.2, 0.25) is 0 Å². The summed E-state index contributed by atoms with van der Waals surface area (Å²) in [5.41, 5.74) is 8.52. The summed E-state index contributed by atoms with van der Waals surface area (Å²) in [6, 6.07) is 27.4. The predicted molar refractivity (Wildman–Crippen MR) is 193 cm³/mol. The fourth-order valence-corrected chi connectivity index (χ4v) is 8.04. The summed E-state index contributed by atoms with van der Waals surface area (Å²) in [6.07, 6.45) is 11.6. The van der Waals surface area contributed by atoms with E-state index >= 15 is 0 Å². The van der Waals surface area contributed by atoms with Crippen molar-refractivity contribution in [3.63, 3.8) is 0 Å². The van der Waals surface area contributed by atoms with Crippen molar-refractivity contribution in [2.45, 2.75) is 69.6 Å². The predicted octanol–water partition coefficient (Wildman–Crippen LogP) is 6.66. The molecule has 3 amide bonds. The third-order valence-electron chi connectivity index (χ3n) is 10.7. The molecule has 7 heteroatoms. The number of unbranched alkanes of at least 4 members (excludes halogenated alkanes) is 7. The van der Waals surface area contributed by atoms with E-state index < -0.39 is 5.41 Å². The smallest absolute Gasteiger partial charge is 0.261 e. The highest BCUT2D eigenvalue weighted by atomic mass is 16.2. The maximum atomic E-state index is 13.3. The van der Waals surface area contributed by atoms with Gasteiger partial charge in [-0.2, -0.15) is 0 Å². The Labute approximate surface area is 287 Å². The van der Waals surface area contributed by atoms with E-state index in [2.05, 4.69) is 43.3 Å².